The Morgan fingerprint density at radius 1 is 1.16 bits per heavy atom. The highest BCUT2D eigenvalue weighted by Gasteiger charge is 2.28. The standard InChI is InChI=1S/C19H31N3O.2ClH/c1-16(2)21-13-9-18(10-14-21)19(23)22(15-11-20)12-8-17-6-4-3-5-7-17;;/h3-7,16,18H,8-15,20H2,1-2H3;2*1H. The molecule has 0 spiro atoms. The van der Waals surface area contributed by atoms with Crippen LogP contribution in [0.15, 0.2) is 30.3 Å². The fourth-order valence-electron chi connectivity index (χ4n) is 3.32. The molecule has 0 bridgehead atoms. The number of hydrogen-bond donors (Lipinski definition) is 1. The second-order valence-electron chi connectivity index (χ2n) is 6.75. The fourth-order valence-corrected chi connectivity index (χ4v) is 3.32. The zero-order chi connectivity index (χ0) is 16.7. The summed E-state index contributed by atoms with van der Waals surface area (Å²) in [6.07, 6.45) is 2.85. The highest BCUT2D eigenvalue weighted by Crippen LogP contribution is 2.21. The van der Waals surface area contributed by atoms with Crippen LogP contribution in [0.5, 0.6) is 0 Å². The Morgan fingerprint density at radius 3 is 2.28 bits per heavy atom. The molecule has 4 nitrogen and oxygen atoms in total. The van der Waals surface area contributed by atoms with Gasteiger partial charge in [-0.25, -0.2) is 0 Å². The van der Waals surface area contributed by atoms with Gasteiger partial charge in [0.2, 0.25) is 5.91 Å². The Balaban J connectivity index is 0.00000288. The van der Waals surface area contributed by atoms with E-state index in [1.54, 1.807) is 0 Å². The molecule has 0 aliphatic carbocycles. The molecule has 0 unspecified atom stereocenters. The largest absolute Gasteiger partial charge is 0.341 e. The third-order valence-electron chi connectivity index (χ3n) is 4.83. The molecule has 6 heteroatoms. The molecule has 1 fully saturated rings. The van der Waals surface area contributed by atoms with Crippen molar-refractivity contribution in [2.75, 3.05) is 32.7 Å². The minimum atomic E-state index is 0. The van der Waals surface area contributed by atoms with Crippen LogP contribution in [0.25, 0.3) is 0 Å². The molecule has 1 aliphatic rings. The molecule has 1 saturated heterocycles. The van der Waals surface area contributed by atoms with E-state index in [-0.39, 0.29) is 30.7 Å². The molecular weight excluding hydrogens is 357 g/mol. The molecule has 1 aromatic carbocycles. The van der Waals surface area contributed by atoms with Gasteiger partial charge in [-0.1, -0.05) is 30.3 Å². The molecule has 1 heterocycles. The Bertz CT molecular complexity index is 477. The second kappa shape index (κ2) is 12.5. The summed E-state index contributed by atoms with van der Waals surface area (Å²) in [6, 6.07) is 10.9. The molecule has 0 aromatic heterocycles. The van der Waals surface area contributed by atoms with Crippen LogP contribution in [-0.2, 0) is 11.2 Å². The third kappa shape index (κ3) is 7.53. The summed E-state index contributed by atoms with van der Waals surface area (Å²) in [6.45, 7) is 8.48. The highest BCUT2D eigenvalue weighted by molar-refractivity contribution is 5.85. The average molecular weight is 390 g/mol. The minimum Gasteiger partial charge on any atom is -0.341 e. The van der Waals surface area contributed by atoms with E-state index in [0.29, 0.717) is 25.0 Å². The monoisotopic (exact) mass is 389 g/mol. The van der Waals surface area contributed by atoms with Crippen molar-refractivity contribution in [1.82, 2.24) is 9.80 Å². The lowest BCUT2D eigenvalue weighted by Crippen LogP contribution is -2.46. The molecule has 1 aromatic rings. The van der Waals surface area contributed by atoms with Gasteiger partial charge in [-0.3, -0.25) is 4.79 Å². The number of nitrogens with zero attached hydrogens (tertiary/aromatic N) is 2. The lowest BCUT2D eigenvalue weighted by atomic mass is 9.94. The number of nitrogens with two attached hydrogens (primary N) is 1. The summed E-state index contributed by atoms with van der Waals surface area (Å²) in [7, 11) is 0. The van der Waals surface area contributed by atoms with Crippen LogP contribution in [-0.4, -0.2) is 54.5 Å². The summed E-state index contributed by atoms with van der Waals surface area (Å²) in [4.78, 5) is 17.3. The molecule has 2 N–H and O–H groups in total. The van der Waals surface area contributed by atoms with Gasteiger partial charge in [0.05, 0.1) is 0 Å². The van der Waals surface area contributed by atoms with Gasteiger partial charge in [-0.2, -0.15) is 0 Å². The van der Waals surface area contributed by atoms with E-state index in [2.05, 4.69) is 30.9 Å². The van der Waals surface area contributed by atoms with Gasteiger partial charge >= 0.3 is 0 Å². The van der Waals surface area contributed by atoms with Gasteiger partial charge in [0.15, 0.2) is 0 Å². The maximum absolute atomic E-state index is 12.8. The van der Waals surface area contributed by atoms with Crippen molar-refractivity contribution in [3.8, 4) is 0 Å². The predicted molar refractivity (Wildman–Crippen MR) is 110 cm³/mol. The van der Waals surface area contributed by atoms with E-state index >= 15 is 0 Å². The Hall–Kier alpha value is -0.810. The van der Waals surface area contributed by atoms with Gasteiger partial charge in [0, 0.05) is 31.6 Å². The van der Waals surface area contributed by atoms with Crippen LogP contribution in [0.2, 0.25) is 0 Å². The number of hydrogen-bond acceptors (Lipinski definition) is 3. The van der Waals surface area contributed by atoms with E-state index in [9.17, 15) is 4.79 Å². The normalized spacial score (nSPS) is 15.4. The van der Waals surface area contributed by atoms with Gasteiger partial charge in [0.25, 0.3) is 0 Å². The topological polar surface area (TPSA) is 49.6 Å². The van der Waals surface area contributed by atoms with Gasteiger partial charge in [0.1, 0.15) is 0 Å². The number of benzene rings is 1. The summed E-state index contributed by atoms with van der Waals surface area (Å²) in [5.74, 6) is 0.474. The number of halogens is 2. The first kappa shape index (κ1) is 24.2. The Morgan fingerprint density at radius 2 is 1.76 bits per heavy atom. The molecule has 1 aliphatic heterocycles. The van der Waals surface area contributed by atoms with Gasteiger partial charge in [-0.05, 0) is 51.8 Å². The highest BCUT2D eigenvalue weighted by atomic mass is 35.5. The van der Waals surface area contributed by atoms with Crippen molar-refractivity contribution >= 4 is 30.7 Å². The predicted octanol–water partition coefficient (Wildman–Crippen LogP) is 2.98. The molecule has 0 radical (unpaired) electrons. The number of piperidine rings is 1. The van der Waals surface area contributed by atoms with Crippen molar-refractivity contribution in [2.24, 2.45) is 11.7 Å². The smallest absolute Gasteiger partial charge is 0.225 e. The van der Waals surface area contributed by atoms with E-state index in [0.717, 1.165) is 38.9 Å². The quantitative estimate of drug-likeness (QED) is 0.779. The second-order valence-corrected chi connectivity index (χ2v) is 6.75. The van der Waals surface area contributed by atoms with E-state index in [1.165, 1.54) is 5.56 Å². The lowest BCUT2D eigenvalue weighted by molar-refractivity contribution is -0.137. The average Bonchev–Trinajstić information content (AvgIpc) is 2.59. The Kier molecular flexibility index (Phi) is 12.1. The van der Waals surface area contributed by atoms with Gasteiger partial charge < -0.3 is 15.5 Å². The third-order valence-corrected chi connectivity index (χ3v) is 4.83. The van der Waals surface area contributed by atoms with Gasteiger partial charge in [-0.15, -0.1) is 24.8 Å². The van der Waals surface area contributed by atoms with Crippen LogP contribution in [0, 0.1) is 5.92 Å². The molecule has 2 rings (SSSR count). The zero-order valence-electron chi connectivity index (χ0n) is 15.4. The molecule has 0 saturated carbocycles. The van der Waals surface area contributed by atoms with Crippen molar-refractivity contribution in [2.45, 2.75) is 39.2 Å². The molecule has 1 amide bonds. The van der Waals surface area contributed by atoms with E-state index < -0.39 is 0 Å². The molecule has 25 heavy (non-hydrogen) atoms. The van der Waals surface area contributed by atoms with E-state index in [4.69, 9.17) is 5.73 Å². The molecule has 0 atom stereocenters. The maximum atomic E-state index is 12.8. The fraction of sp³-hybridized carbons (Fsp3) is 0.632. The molecular formula is C19H33Cl2N3O. The maximum Gasteiger partial charge on any atom is 0.225 e. The van der Waals surface area contributed by atoms with Crippen LogP contribution < -0.4 is 5.73 Å². The summed E-state index contributed by atoms with van der Waals surface area (Å²) >= 11 is 0. The lowest BCUT2D eigenvalue weighted by Gasteiger charge is -2.36. The van der Waals surface area contributed by atoms with Crippen molar-refractivity contribution in [3.05, 3.63) is 35.9 Å². The molecule has 144 valence electrons. The van der Waals surface area contributed by atoms with Crippen LogP contribution in [0.4, 0.5) is 0 Å². The van der Waals surface area contributed by atoms with Crippen LogP contribution in [0.3, 0.4) is 0 Å². The minimum absolute atomic E-state index is 0. The van der Waals surface area contributed by atoms with Crippen LogP contribution in [0.1, 0.15) is 32.3 Å². The number of carbonyl (C=O) groups excluding carboxylic acids is 1. The number of carbonyl (C=O) groups is 1. The van der Waals surface area contributed by atoms with E-state index in [1.807, 2.05) is 23.1 Å². The van der Waals surface area contributed by atoms with Crippen molar-refractivity contribution < 1.29 is 4.79 Å². The first-order valence-electron chi connectivity index (χ1n) is 8.88. The van der Waals surface area contributed by atoms with Crippen molar-refractivity contribution in [3.63, 3.8) is 0 Å². The number of likely N-dealkylation sites (tertiary alicyclic amines) is 1. The number of amides is 1. The SMILES string of the molecule is CC(C)N1CCC(C(=O)N(CCN)CCc2ccccc2)CC1.Cl.Cl. The zero-order valence-corrected chi connectivity index (χ0v) is 17.0. The van der Waals surface area contributed by atoms with Crippen molar-refractivity contribution in [1.29, 1.82) is 0 Å². The first-order valence-corrected chi connectivity index (χ1v) is 8.88. The summed E-state index contributed by atoms with van der Waals surface area (Å²) in [5.41, 5.74) is 7.00. The number of rotatable bonds is 7. The Labute approximate surface area is 164 Å². The summed E-state index contributed by atoms with van der Waals surface area (Å²) < 4.78 is 0. The summed E-state index contributed by atoms with van der Waals surface area (Å²) in [5, 5.41) is 0. The van der Waals surface area contributed by atoms with Crippen LogP contribution >= 0.6 is 24.8 Å². The first-order chi connectivity index (χ1) is 11.1.